The smallest absolute Gasteiger partial charge is 0.337 e. The number of hydrogen-bond acceptors (Lipinski definition) is 7. The van der Waals surface area contributed by atoms with Crippen molar-refractivity contribution in [2.75, 3.05) is 31.7 Å². The number of anilines is 1. The first-order valence-electron chi connectivity index (χ1n) is 13.5. The number of rotatable bonds is 10. The number of methoxy groups -OCH3 is 2. The van der Waals surface area contributed by atoms with Gasteiger partial charge in [0, 0.05) is 18.1 Å². The van der Waals surface area contributed by atoms with Gasteiger partial charge in [-0.2, -0.15) is 0 Å². The molecule has 1 aliphatic heterocycles. The molecule has 4 aromatic carbocycles. The van der Waals surface area contributed by atoms with Gasteiger partial charge in [-0.05, 0) is 59.7 Å². The van der Waals surface area contributed by atoms with Crippen molar-refractivity contribution >= 4 is 27.6 Å². The van der Waals surface area contributed by atoms with Crippen LogP contribution >= 0.6 is 0 Å². The lowest BCUT2D eigenvalue weighted by Gasteiger charge is -2.26. The third-order valence-electron chi connectivity index (χ3n) is 7.13. The third-order valence-corrected chi connectivity index (χ3v) is 8.96. The van der Waals surface area contributed by atoms with E-state index in [1.807, 2.05) is 0 Å². The summed E-state index contributed by atoms with van der Waals surface area (Å²) < 4.78 is 72.3. The van der Waals surface area contributed by atoms with E-state index in [1.54, 1.807) is 42.5 Å². The fourth-order valence-electron chi connectivity index (χ4n) is 4.99. The van der Waals surface area contributed by atoms with E-state index in [0.29, 0.717) is 28.1 Å². The zero-order valence-corrected chi connectivity index (χ0v) is 24.6. The van der Waals surface area contributed by atoms with Crippen LogP contribution in [-0.2, 0) is 26.0 Å². The lowest BCUT2D eigenvalue weighted by atomic mass is 10.0. The molecule has 44 heavy (non-hydrogen) atoms. The molecule has 1 heterocycles. The van der Waals surface area contributed by atoms with Crippen molar-refractivity contribution in [2.45, 2.75) is 17.4 Å². The van der Waals surface area contributed by atoms with Crippen molar-refractivity contribution in [1.29, 1.82) is 0 Å². The Morgan fingerprint density at radius 1 is 0.932 bits per heavy atom. The van der Waals surface area contributed by atoms with E-state index in [9.17, 15) is 26.8 Å². The number of ether oxygens (including phenoxy) is 3. The summed E-state index contributed by atoms with van der Waals surface area (Å²) in [7, 11) is -1.59. The van der Waals surface area contributed by atoms with Crippen molar-refractivity contribution in [1.82, 2.24) is 5.32 Å². The fourth-order valence-corrected chi connectivity index (χ4v) is 6.64. The molecule has 0 aromatic heterocycles. The van der Waals surface area contributed by atoms with Gasteiger partial charge in [0.15, 0.2) is 11.6 Å². The van der Waals surface area contributed by atoms with Gasteiger partial charge in [0.25, 0.3) is 10.0 Å². The van der Waals surface area contributed by atoms with Crippen LogP contribution in [0.3, 0.4) is 0 Å². The molecule has 0 radical (unpaired) electrons. The summed E-state index contributed by atoms with van der Waals surface area (Å²) in [4.78, 5) is 24.9. The number of nitrogens with one attached hydrogen (secondary N) is 1. The Hall–Kier alpha value is -4.97. The molecule has 4 aromatic rings. The highest BCUT2D eigenvalue weighted by Gasteiger charge is 2.42. The molecule has 9 nitrogen and oxygen atoms in total. The Labute approximate surface area is 253 Å². The number of halogens is 2. The predicted octanol–water partition coefficient (Wildman–Crippen LogP) is 4.74. The van der Waals surface area contributed by atoms with Crippen LogP contribution in [0, 0.1) is 11.6 Å². The second-order valence-electron chi connectivity index (χ2n) is 9.79. The topological polar surface area (TPSA) is 111 Å². The molecule has 0 aliphatic carbocycles. The Morgan fingerprint density at radius 3 is 2.39 bits per heavy atom. The highest BCUT2D eigenvalue weighted by atomic mass is 32.2. The Kier molecular flexibility index (Phi) is 8.81. The molecule has 0 spiro atoms. The van der Waals surface area contributed by atoms with Gasteiger partial charge in [-0.1, -0.05) is 30.3 Å². The van der Waals surface area contributed by atoms with Crippen molar-refractivity contribution in [2.24, 2.45) is 0 Å². The van der Waals surface area contributed by atoms with Crippen LogP contribution in [0.5, 0.6) is 11.5 Å². The van der Waals surface area contributed by atoms with E-state index in [0.717, 1.165) is 10.4 Å². The van der Waals surface area contributed by atoms with Crippen molar-refractivity contribution < 1.29 is 41.0 Å². The molecule has 0 saturated heterocycles. The van der Waals surface area contributed by atoms with E-state index in [1.165, 1.54) is 50.6 Å². The minimum Gasteiger partial charge on any atom is -0.496 e. The van der Waals surface area contributed by atoms with Gasteiger partial charge in [-0.3, -0.25) is 9.10 Å². The monoisotopic (exact) mass is 622 g/mol. The zero-order valence-electron chi connectivity index (χ0n) is 23.8. The van der Waals surface area contributed by atoms with Crippen LogP contribution in [0.25, 0.3) is 11.1 Å². The Balaban J connectivity index is 1.31. The Morgan fingerprint density at radius 2 is 1.68 bits per heavy atom. The van der Waals surface area contributed by atoms with E-state index >= 15 is 0 Å². The fraction of sp³-hybridized carbons (Fsp3) is 0.188. The molecule has 0 fully saturated rings. The number of carbonyl (C=O) groups excluding carboxylic acids is 2. The second kappa shape index (κ2) is 12.7. The lowest BCUT2D eigenvalue weighted by Crippen LogP contribution is -2.48. The number of carbonyl (C=O) groups is 2. The molecule has 1 aliphatic rings. The highest BCUT2D eigenvalue weighted by molar-refractivity contribution is 7.93. The average Bonchev–Trinajstić information content (AvgIpc) is 3.44. The molecule has 0 saturated carbocycles. The molecule has 12 heteroatoms. The SMILES string of the molecule is COC(=O)c1ccc(OCCNC(=O)[C@@H]2Cc3ccccc3N2S(=O)(=O)c2ccc(-c3ccc(F)cc3OC)cc2)c(F)c1. The summed E-state index contributed by atoms with van der Waals surface area (Å²) in [5, 5.41) is 2.68. The van der Waals surface area contributed by atoms with E-state index in [2.05, 4.69) is 10.1 Å². The highest BCUT2D eigenvalue weighted by Crippen LogP contribution is 2.38. The second-order valence-corrected chi connectivity index (χ2v) is 11.6. The number of sulfonamides is 1. The first-order valence-corrected chi connectivity index (χ1v) is 14.9. The van der Waals surface area contributed by atoms with E-state index in [4.69, 9.17) is 9.47 Å². The van der Waals surface area contributed by atoms with Gasteiger partial charge in [0.2, 0.25) is 5.91 Å². The molecule has 1 amide bonds. The number of nitrogens with zero attached hydrogens (tertiary/aromatic N) is 1. The largest absolute Gasteiger partial charge is 0.496 e. The van der Waals surface area contributed by atoms with Gasteiger partial charge in [0.05, 0.1) is 36.9 Å². The maximum atomic E-state index is 14.3. The maximum Gasteiger partial charge on any atom is 0.337 e. The molecule has 5 rings (SSSR count). The Bertz CT molecular complexity index is 1810. The summed E-state index contributed by atoms with van der Waals surface area (Å²) in [5.41, 5.74) is 2.31. The first-order chi connectivity index (χ1) is 21.1. The zero-order chi connectivity index (χ0) is 31.4. The number of fused-ring (bicyclic) bond motifs is 1. The minimum atomic E-state index is -4.20. The number of para-hydroxylation sites is 1. The van der Waals surface area contributed by atoms with Crippen LogP contribution in [0.15, 0.2) is 89.8 Å². The standard InChI is InChI=1S/C32H28F2N2O7S/c1-41-30-19-23(33)10-13-25(30)20-7-11-24(12-8-20)44(39,40)36-27-6-4-3-5-21(27)18-28(36)31(37)35-15-16-43-29-14-9-22(17-26(29)34)32(38)42-2/h3-14,17,19,28H,15-16,18H2,1-2H3,(H,35,37)/t28-/m0/s1. The molecule has 1 atom stereocenters. The lowest BCUT2D eigenvalue weighted by molar-refractivity contribution is -0.122. The van der Waals surface area contributed by atoms with Crippen LogP contribution in [0.2, 0.25) is 0 Å². The molecule has 0 bridgehead atoms. The van der Waals surface area contributed by atoms with Crippen LogP contribution in [0.4, 0.5) is 14.5 Å². The molecule has 1 N–H and O–H groups in total. The van der Waals surface area contributed by atoms with Crippen LogP contribution < -0.4 is 19.1 Å². The van der Waals surface area contributed by atoms with Crippen LogP contribution in [-0.4, -0.2) is 53.7 Å². The van der Waals surface area contributed by atoms with Crippen molar-refractivity contribution in [3.8, 4) is 22.6 Å². The number of benzene rings is 4. The minimum absolute atomic E-state index is 0.0255. The summed E-state index contributed by atoms with van der Waals surface area (Å²) in [6, 6.07) is 19.5. The molecular weight excluding hydrogens is 594 g/mol. The normalized spacial score (nSPS) is 14.1. The van der Waals surface area contributed by atoms with Crippen molar-refractivity contribution in [3.05, 3.63) is 108 Å². The van der Waals surface area contributed by atoms with Crippen LogP contribution in [0.1, 0.15) is 15.9 Å². The van der Waals surface area contributed by atoms with Gasteiger partial charge in [-0.25, -0.2) is 22.0 Å². The molecular formula is C32H28F2N2O7S. The summed E-state index contributed by atoms with van der Waals surface area (Å²) in [6.07, 6.45) is 0.149. The van der Waals surface area contributed by atoms with Crippen molar-refractivity contribution in [3.63, 3.8) is 0 Å². The first kappa shape index (κ1) is 30.5. The average molecular weight is 623 g/mol. The number of esters is 1. The molecule has 228 valence electrons. The maximum absolute atomic E-state index is 14.3. The van der Waals surface area contributed by atoms with Gasteiger partial charge in [0.1, 0.15) is 24.2 Å². The summed E-state index contributed by atoms with van der Waals surface area (Å²) in [5.74, 6) is -2.30. The van der Waals surface area contributed by atoms with E-state index in [-0.39, 0.29) is 35.8 Å². The quantitative estimate of drug-likeness (QED) is 0.201. The number of hydrogen-bond donors (Lipinski definition) is 1. The third kappa shape index (κ3) is 6.06. The van der Waals surface area contributed by atoms with Gasteiger partial charge in [-0.15, -0.1) is 0 Å². The number of amides is 1. The van der Waals surface area contributed by atoms with E-state index < -0.39 is 39.6 Å². The van der Waals surface area contributed by atoms with Gasteiger partial charge >= 0.3 is 5.97 Å². The summed E-state index contributed by atoms with van der Waals surface area (Å²) >= 11 is 0. The molecule has 0 unspecified atom stereocenters. The summed E-state index contributed by atoms with van der Waals surface area (Å²) in [6.45, 7) is -0.146. The van der Waals surface area contributed by atoms with Gasteiger partial charge < -0.3 is 19.5 Å². The predicted molar refractivity (Wildman–Crippen MR) is 158 cm³/mol.